The minimum atomic E-state index is -0.181. The fourth-order valence-corrected chi connectivity index (χ4v) is 6.21. The molecule has 0 radical (unpaired) electrons. The van der Waals surface area contributed by atoms with Crippen LogP contribution in [0.5, 0.6) is 5.75 Å². The van der Waals surface area contributed by atoms with Crippen LogP contribution in [0.2, 0.25) is 0 Å². The van der Waals surface area contributed by atoms with Gasteiger partial charge in [-0.1, -0.05) is 24.3 Å². The van der Waals surface area contributed by atoms with E-state index < -0.39 is 0 Å². The van der Waals surface area contributed by atoms with Crippen molar-refractivity contribution in [3.05, 3.63) is 64.7 Å². The molecule has 1 amide bonds. The van der Waals surface area contributed by atoms with E-state index in [0.29, 0.717) is 19.0 Å². The van der Waals surface area contributed by atoms with Crippen LogP contribution >= 0.6 is 0 Å². The molecule has 0 saturated carbocycles. The van der Waals surface area contributed by atoms with Crippen molar-refractivity contribution in [2.75, 3.05) is 44.2 Å². The van der Waals surface area contributed by atoms with Crippen molar-refractivity contribution < 1.29 is 14.6 Å². The number of β-amino-alcohol motifs (C(OH)–C–C–N with tert-alkyl or cyclic N) is 1. The van der Waals surface area contributed by atoms with Crippen LogP contribution in [0.3, 0.4) is 0 Å². The van der Waals surface area contributed by atoms with Gasteiger partial charge in [-0.3, -0.25) is 4.79 Å². The first-order chi connectivity index (χ1) is 18.5. The van der Waals surface area contributed by atoms with Gasteiger partial charge in [-0.25, -0.2) is 4.98 Å². The topological polar surface area (TPSA) is 82.9 Å². The Kier molecular flexibility index (Phi) is 6.95. The quantitative estimate of drug-likeness (QED) is 0.471. The Morgan fingerprint density at radius 1 is 1.16 bits per heavy atom. The maximum absolute atomic E-state index is 13.7. The Hall–Kier alpha value is -3.20. The Morgan fingerprint density at radius 2 is 2.00 bits per heavy atom. The molecule has 4 heterocycles. The van der Waals surface area contributed by atoms with E-state index in [2.05, 4.69) is 41.4 Å². The second-order valence-corrected chi connectivity index (χ2v) is 10.7. The zero-order valence-corrected chi connectivity index (χ0v) is 22.4. The standard InChI is InChI=1S/C30H37N5O3/c1-20-22(6-4-9-28(20)38-17-5-14-34-15-11-21(36)19-34)23-7-3-8-26-24(23)12-16-35(26)30(37)29-32-25-18-31-13-10-27(25)33(29)2/h3-4,6-9,21,31,36H,5,10-19H2,1-2H3. The van der Waals surface area contributed by atoms with Gasteiger partial charge in [0, 0.05) is 64.1 Å². The molecule has 6 rings (SSSR count). The van der Waals surface area contributed by atoms with Crippen LogP contribution < -0.4 is 15.0 Å². The van der Waals surface area contributed by atoms with Crippen molar-refractivity contribution in [1.29, 1.82) is 0 Å². The van der Waals surface area contributed by atoms with Gasteiger partial charge < -0.3 is 29.5 Å². The number of fused-ring (bicyclic) bond motifs is 2. The molecular weight excluding hydrogens is 478 g/mol. The maximum Gasteiger partial charge on any atom is 0.294 e. The van der Waals surface area contributed by atoms with Gasteiger partial charge in [-0.2, -0.15) is 0 Å². The number of rotatable bonds is 7. The number of aromatic nitrogens is 2. The molecule has 0 bridgehead atoms. The highest BCUT2D eigenvalue weighted by molar-refractivity contribution is 6.06. The SMILES string of the molecule is Cc1c(OCCCN2CCC(O)C2)cccc1-c1cccc2c1CCN2C(=O)c1nc2c(n1C)CCNC2. The van der Waals surface area contributed by atoms with E-state index in [1.165, 1.54) is 5.56 Å². The number of carbonyl (C=O) groups excluding carboxylic acids is 1. The molecule has 3 aromatic rings. The summed E-state index contributed by atoms with van der Waals surface area (Å²) in [4.78, 5) is 22.6. The van der Waals surface area contributed by atoms with Crippen LogP contribution in [-0.4, -0.2) is 70.9 Å². The third-order valence-corrected chi connectivity index (χ3v) is 8.29. The average molecular weight is 516 g/mol. The first-order valence-corrected chi connectivity index (χ1v) is 13.8. The summed E-state index contributed by atoms with van der Waals surface area (Å²) in [6.45, 7) is 7.74. The van der Waals surface area contributed by atoms with Gasteiger partial charge >= 0.3 is 0 Å². The van der Waals surface area contributed by atoms with E-state index in [1.54, 1.807) is 0 Å². The monoisotopic (exact) mass is 515 g/mol. The van der Waals surface area contributed by atoms with Crippen molar-refractivity contribution in [2.45, 2.75) is 45.3 Å². The fourth-order valence-electron chi connectivity index (χ4n) is 6.21. The van der Waals surface area contributed by atoms with Crippen molar-refractivity contribution in [2.24, 2.45) is 7.05 Å². The van der Waals surface area contributed by atoms with E-state index in [1.807, 2.05) is 28.6 Å². The number of amides is 1. The number of imidazole rings is 1. The lowest BCUT2D eigenvalue weighted by Gasteiger charge is -2.19. The highest BCUT2D eigenvalue weighted by atomic mass is 16.5. The number of hydrogen-bond donors (Lipinski definition) is 2. The summed E-state index contributed by atoms with van der Waals surface area (Å²) in [5.74, 6) is 1.39. The summed E-state index contributed by atoms with van der Waals surface area (Å²) in [6, 6.07) is 12.5. The zero-order valence-electron chi connectivity index (χ0n) is 22.4. The van der Waals surface area contributed by atoms with Gasteiger partial charge in [0.25, 0.3) is 5.91 Å². The summed E-state index contributed by atoms with van der Waals surface area (Å²) in [5.41, 5.74) is 7.75. The molecule has 8 nitrogen and oxygen atoms in total. The molecule has 0 spiro atoms. The van der Waals surface area contributed by atoms with Crippen LogP contribution in [0.4, 0.5) is 5.69 Å². The minimum absolute atomic E-state index is 0.0304. The van der Waals surface area contributed by atoms with Crippen molar-refractivity contribution in [3.8, 4) is 16.9 Å². The van der Waals surface area contributed by atoms with Gasteiger partial charge in [0.15, 0.2) is 5.82 Å². The summed E-state index contributed by atoms with van der Waals surface area (Å²) in [6.07, 6.45) is 3.33. The number of hydrogen-bond acceptors (Lipinski definition) is 6. The van der Waals surface area contributed by atoms with E-state index in [-0.39, 0.29) is 12.0 Å². The summed E-state index contributed by atoms with van der Waals surface area (Å²) >= 11 is 0. The molecule has 200 valence electrons. The number of benzene rings is 2. The molecule has 1 fully saturated rings. The van der Waals surface area contributed by atoms with Gasteiger partial charge in [-0.05, 0) is 60.6 Å². The number of aliphatic hydroxyl groups is 1. The number of carbonyl (C=O) groups is 1. The number of anilines is 1. The van der Waals surface area contributed by atoms with Crippen LogP contribution in [0.15, 0.2) is 36.4 Å². The largest absolute Gasteiger partial charge is 0.493 e. The maximum atomic E-state index is 13.7. The number of aliphatic hydroxyl groups excluding tert-OH is 1. The molecule has 1 unspecified atom stereocenters. The van der Waals surface area contributed by atoms with E-state index in [4.69, 9.17) is 9.72 Å². The van der Waals surface area contributed by atoms with Crippen molar-refractivity contribution >= 4 is 11.6 Å². The second kappa shape index (κ2) is 10.5. The molecular formula is C30H37N5O3. The van der Waals surface area contributed by atoms with Crippen LogP contribution in [0.1, 0.15) is 46.0 Å². The molecule has 3 aliphatic heterocycles. The predicted molar refractivity (Wildman–Crippen MR) is 148 cm³/mol. The Balaban J connectivity index is 1.20. The van der Waals surface area contributed by atoms with Gasteiger partial charge in [-0.15, -0.1) is 0 Å². The van der Waals surface area contributed by atoms with Gasteiger partial charge in [0.1, 0.15) is 5.75 Å². The summed E-state index contributed by atoms with van der Waals surface area (Å²) in [5, 5.41) is 13.1. The van der Waals surface area contributed by atoms with Crippen LogP contribution in [-0.2, 0) is 26.4 Å². The van der Waals surface area contributed by atoms with Gasteiger partial charge in [0.05, 0.1) is 18.4 Å². The molecule has 1 atom stereocenters. The van der Waals surface area contributed by atoms with Crippen molar-refractivity contribution in [3.63, 3.8) is 0 Å². The lowest BCUT2D eigenvalue weighted by Crippen LogP contribution is -2.31. The Morgan fingerprint density at radius 3 is 2.82 bits per heavy atom. The number of likely N-dealkylation sites (tertiary alicyclic amines) is 1. The van der Waals surface area contributed by atoms with E-state index >= 15 is 0 Å². The summed E-state index contributed by atoms with van der Waals surface area (Å²) in [7, 11) is 1.96. The molecule has 1 aromatic heterocycles. The highest BCUT2D eigenvalue weighted by Gasteiger charge is 2.32. The first kappa shape index (κ1) is 25.1. The molecule has 3 aliphatic rings. The van der Waals surface area contributed by atoms with E-state index in [9.17, 15) is 9.90 Å². The van der Waals surface area contributed by atoms with E-state index in [0.717, 1.165) is 97.9 Å². The molecule has 1 saturated heterocycles. The Labute approximate surface area is 224 Å². The predicted octanol–water partition coefficient (Wildman–Crippen LogP) is 3.08. The normalized spacial score (nSPS) is 19.0. The number of ether oxygens (including phenoxy) is 1. The van der Waals surface area contributed by atoms with Crippen LogP contribution in [0, 0.1) is 6.92 Å². The highest BCUT2D eigenvalue weighted by Crippen LogP contribution is 2.39. The average Bonchev–Trinajstić information content (AvgIpc) is 3.64. The number of nitrogens with one attached hydrogen (secondary N) is 1. The molecule has 0 aliphatic carbocycles. The number of nitrogens with zero attached hydrogens (tertiary/aromatic N) is 4. The molecule has 38 heavy (non-hydrogen) atoms. The first-order valence-electron chi connectivity index (χ1n) is 13.8. The summed E-state index contributed by atoms with van der Waals surface area (Å²) < 4.78 is 8.19. The lowest BCUT2D eigenvalue weighted by atomic mass is 9.94. The lowest BCUT2D eigenvalue weighted by molar-refractivity contribution is 0.0976. The third kappa shape index (κ3) is 4.61. The van der Waals surface area contributed by atoms with Crippen molar-refractivity contribution in [1.82, 2.24) is 19.8 Å². The Bertz CT molecular complexity index is 1350. The second-order valence-electron chi connectivity index (χ2n) is 10.7. The third-order valence-electron chi connectivity index (χ3n) is 8.29. The molecule has 2 N–H and O–H groups in total. The minimum Gasteiger partial charge on any atom is -0.493 e. The smallest absolute Gasteiger partial charge is 0.294 e. The van der Waals surface area contributed by atoms with Crippen LogP contribution in [0.25, 0.3) is 11.1 Å². The zero-order chi connectivity index (χ0) is 26.2. The van der Waals surface area contributed by atoms with Gasteiger partial charge in [0.2, 0.25) is 0 Å². The molecule has 8 heteroatoms. The fraction of sp³-hybridized carbons (Fsp3) is 0.467. The molecule has 2 aromatic carbocycles.